The zero-order valence-electron chi connectivity index (χ0n) is 17.4. The summed E-state index contributed by atoms with van der Waals surface area (Å²) < 4.78 is 27.7. The van der Waals surface area contributed by atoms with Crippen LogP contribution in [0.25, 0.3) is 0 Å². The fourth-order valence-corrected chi connectivity index (χ4v) is 4.46. The number of aryl methyl sites for hydroxylation is 3. The van der Waals surface area contributed by atoms with Gasteiger partial charge in [-0.2, -0.15) is 0 Å². The minimum Gasteiger partial charge on any atom is -0.321 e. The number of rotatable bonds is 7. The van der Waals surface area contributed by atoms with E-state index in [9.17, 15) is 13.2 Å². The molecule has 1 amide bonds. The third-order valence-electron chi connectivity index (χ3n) is 5.02. The van der Waals surface area contributed by atoms with Gasteiger partial charge in [-0.15, -0.1) is 0 Å². The van der Waals surface area contributed by atoms with Crippen LogP contribution < -0.4 is 10.0 Å². The lowest BCUT2D eigenvalue weighted by molar-refractivity contribution is 0.102. The topological polar surface area (TPSA) is 75.3 Å². The number of nitrogens with one attached hydrogen (secondary N) is 2. The molecule has 0 saturated carbocycles. The van der Waals surface area contributed by atoms with Crippen molar-refractivity contribution in [2.24, 2.45) is 0 Å². The second kappa shape index (κ2) is 9.13. The summed E-state index contributed by atoms with van der Waals surface area (Å²) in [6, 6.07) is 19.2. The van der Waals surface area contributed by atoms with Gasteiger partial charge in [-0.3, -0.25) is 9.52 Å². The van der Waals surface area contributed by atoms with Crippen molar-refractivity contribution in [3.8, 4) is 0 Å². The minimum absolute atomic E-state index is 0.189. The minimum atomic E-state index is -3.69. The van der Waals surface area contributed by atoms with E-state index < -0.39 is 10.0 Å². The molecule has 156 valence electrons. The van der Waals surface area contributed by atoms with E-state index in [2.05, 4.69) is 23.9 Å². The smallest absolute Gasteiger partial charge is 0.261 e. The van der Waals surface area contributed by atoms with E-state index >= 15 is 0 Å². The number of anilines is 2. The molecule has 5 nitrogen and oxygen atoms in total. The van der Waals surface area contributed by atoms with Crippen LogP contribution in [0.2, 0.25) is 0 Å². The second-order valence-corrected chi connectivity index (χ2v) is 8.74. The van der Waals surface area contributed by atoms with Crippen molar-refractivity contribution in [3.63, 3.8) is 0 Å². The molecule has 0 bridgehead atoms. The summed E-state index contributed by atoms with van der Waals surface area (Å²) in [4.78, 5) is 13.1. The van der Waals surface area contributed by atoms with Crippen LogP contribution in [0.4, 0.5) is 11.4 Å². The van der Waals surface area contributed by atoms with Crippen LogP contribution in [0.15, 0.2) is 71.6 Å². The van der Waals surface area contributed by atoms with Crippen LogP contribution in [0, 0.1) is 6.92 Å². The number of para-hydroxylation sites is 1. The van der Waals surface area contributed by atoms with Gasteiger partial charge in [0.05, 0.1) is 10.6 Å². The zero-order valence-corrected chi connectivity index (χ0v) is 18.2. The Morgan fingerprint density at radius 3 is 2.07 bits per heavy atom. The molecule has 0 aliphatic carbocycles. The Kier molecular flexibility index (Phi) is 6.57. The first-order valence-electron chi connectivity index (χ1n) is 9.96. The third-order valence-corrected chi connectivity index (χ3v) is 6.41. The maximum absolute atomic E-state index is 12.9. The molecule has 0 aliphatic heterocycles. The fraction of sp³-hybridized carbons (Fsp3) is 0.208. The molecule has 6 heteroatoms. The van der Waals surface area contributed by atoms with Crippen molar-refractivity contribution in [1.29, 1.82) is 0 Å². The highest BCUT2D eigenvalue weighted by atomic mass is 32.2. The van der Waals surface area contributed by atoms with Gasteiger partial charge in [0.2, 0.25) is 0 Å². The predicted molar refractivity (Wildman–Crippen MR) is 122 cm³/mol. The van der Waals surface area contributed by atoms with E-state index in [1.54, 1.807) is 43.3 Å². The number of benzene rings is 3. The molecule has 3 aromatic carbocycles. The van der Waals surface area contributed by atoms with E-state index in [-0.39, 0.29) is 10.8 Å². The number of hydrogen-bond donors (Lipinski definition) is 2. The summed E-state index contributed by atoms with van der Waals surface area (Å²) in [7, 11) is -3.69. The highest BCUT2D eigenvalue weighted by Gasteiger charge is 2.17. The highest BCUT2D eigenvalue weighted by molar-refractivity contribution is 7.92. The average Bonchev–Trinajstić information content (AvgIpc) is 2.75. The number of carbonyl (C=O) groups is 1. The molecule has 3 rings (SSSR count). The lowest BCUT2D eigenvalue weighted by Crippen LogP contribution is -2.16. The van der Waals surface area contributed by atoms with Gasteiger partial charge in [-0.1, -0.05) is 50.2 Å². The summed E-state index contributed by atoms with van der Waals surface area (Å²) in [5, 5.41) is 3.04. The first-order chi connectivity index (χ1) is 14.4. The molecule has 0 aromatic heterocycles. The molecule has 0 heterocycles. The van der Waals surface area contributed by atoms with E-state index in [1.165, 1.54) is 12.1 Å². The summed E-state index contributed by atoms with van der Waals surface area (Å²) in [5.41, 5.74) is 4.63. The normalized spacial score (nSPS) is 11.2. The maximum Gasteiger partial charge on any atom is 0.261 e. The monoisotopic (exact) mass is 422 g/mol. The van der Waals surface area contributed by atoms with Gasteiger partial charge >= 0.3 is 0 Å². The first kappa shape index (κ1) is 21.6. The van der Waals surface area contributed by atoms with Gasteiger partial charge in [-0.05, 0) is 66.8 Å². The molecule has 0 radical (unpaired) electrons. The van der Waals surface area contributed by atoms with Crippen molar-refractivity contribution in [1.82, 2.24) is 0 Å². The molecular weight excluding hydrogens is 396 g/mol. The van der Waals surface area contributed by atoms with Crippen molar-refractivity contribution in [2.75, 3.05) is 10.0 Å². The largest absolute Gasteiger partial charge is 0.321 e. The Morgan fingerprint density at radius 2 is 1.50 bits per heavy atom. The second-order valence-electron chi connectivity index (χ2n) is 7.06. The van der Waals surface area contributed by atoms with Crippen LogP contribution >= 0.6 is 0 Å². The molecular formula is C24H26N2O3S. The molecule has 2 N–H and O–H groups in total. The van der Waals surface area contributed by atoms with E-state index in [4.69, 9.17) is 0 Å². The number of hydrogen-bond acceptors (Lipinski definition) is 3. The Hall–Kier alpha value is -3.12. The molecule has 30 heavy (non-hydrogen) atoms. The summed E-state index contributed by atoms with van der Waals surface area (Å²) >= 11 is 0. The molecule has 0 atom stereocenters. The van der Waals surface area contributed by atoms with Crippen LogP contribution in [-0.2, 0) is 22.9 Å². The predicted octanol–water partition coefficient (Wildman–Crippen LogP) is 5.17. The standard InChI is InChI=1S/C24H26N2O3S/c1-4-18-10-9-11-19(5-2)23(18)25-24(27)20-14-15-22(17(3)16-20)26-30(28,29)21-12-7-6-8-13-21/h6-16,26H,4-5H2,1-3H3,(H,25,27). The molecule has 3 aromatic rings. The van der Waals surface area contributed by atoms with Crippen molar-refractivity contribution in [2.45, 2.75) is 38.5 Å². The van der Waals surface area contributed by atoms with Crippen LogP contribution in [0.5, 0.6) is 0 Å². The summed E-state index contributed by atoms with van der Waals surface area (Å²) in [6.07, 6.45) is 1.64. The Bertz CT molecular complexity index is 1130. The van der Waals surface area contributed by atoms with E-state index in [0.717, 1.165) is 29.7 Å². The van der Waals surface area contributed by atoms with Crippen LogP contribution in [-0.4, -0.2) is 14.3 Å². The van der Waals surface area contributed by atoms with Crippen molar-refractivity contribution < 1.29 is 13.2 Å². The summed E-state index contributed by atoms with van der Waals surface area (Å²) in [6.45, 7) is 5.89. The van der Waals surface area contributed by atoms with Gasteiger partial charge in [0.1, 0.15) is 0 Å². The van der Waals surface area contributed by atoms with Gasteiger partial charge in [0, 0.05) is 11.3 Å². The van der Waals surface area contributed by atoms with Crippen LogP contribution in [0.1, 0.15) is 40.9 Å². The zero-order chi connectivity index (χ0) is 21.7. The van der Waals surface area contributed by atoms with Crippen molar-refractivity contribution in [3.05, 3.63) is 89.0 Å². The Morgan fingerprint density at radius 1 is 0.867 bits per heavy atom. The van der Waals surface area contributed by atoms with E-state index in [0.29, 0.717) is 16.8 Å². The molecule has 0 aliphatic rings. The Labute approximate surface area is 178 Å². The molecule has 0 spiro atoms. The quantitative estimate of drug-likeness (QED) is 0.551. The van der Waals surface area contributed by atoms with Gasteiger partial charge in [0.15, 0.2) is 0 Å². The lowest BCUT2D eigenvalue weighted by atomic mass is 10.0. The number of amides is 1. The average molecular weight is 423 g/mol. The molecule has 0 unspecified atom stereocenters. The van der Waals surface area contributed by atoms with E-state index in [1.807, 2.05) is 18.2 Å². The fourth-order valence-electron chi connectivity index (χ4n) is 3.31. The van der Waals surface area contributed by atoms with Gasteiger partial charge in [-0.25, -0.2) is 8.42 Å². The van der Waals surface area contributed by atoms with Gasteiger partial charge < -0.3 is 5.32 Å². The van der Waals surface area contributed by atoms with Gasteiger partial charge in [0.25, 0.3) is 15.9 Å². The van der Waals surface area contributed by atoms with Crippen molar-refractivity contribution >= 4 is 27.3 Å². The number of carbonyl (C=O) groups excluding carboxylic acids is 1. The third kappa shape index (κ3) is 4.71. The molecule has 0 saturated heterocycles. The highest BCUT2D eigenvalue weighted by Crippen LogP contribution is 2.25. The lowest BCUT2D eigenvalue weighted by Gasteiger charge is -2.15. The Balaban J connectivity index is 1.83. The first-order valence-corrected chi connectivity index (χ1v) is 11.4. The number of sulfonamides is 1. The van der Waals surface area contributed by atoms with Crippen LogP contribution in [0.3, 0.4) is 0 Å². The SMILES string of the molecule is CCc1cccc(CC)c1NC(=O)c1ccc(NS(=O)(=O)c2ccccc2)c(C)c1. The summed E-state index contributed by atoms with van der Waals surface area (Å²) in [5.74, 6) is -0.217. The molecule has 0 fully saturated rings. The maximum atomic E-state index is 12.9.